The summed E-state index contributed by atoms with van der Waals surface area (Å²) in [5, 5.41) is 0. The number of aryl methyl sites for hydroxylation is 1. The summed E-state index contributed by atoms with van der Waals surface area (Å²) in [6, 6.07) is 8.51. The van der Waals surface area contributed by atoms with E-state index in [1.807, 2.05) is 30.3 Å². The third kappa shape index (κ3) is 2.22. The SMILES string of the molecule is Cc1ccc(/C=C2\SC(=S)N(C3CC3)C2=O)cc1. The van der Waals surface area contributed by atoms with Crippen molar-refractivity contribution in [1.29, 1.82) is 0 Å². The van der Waals surface area contributed by atoms with Crippen LogP contribution >= 0.6 is 24.0 Å². The molecule has 1 saturated heterocycles. The zero-order chi connectivity index (χ0) is 12.7. The van der Waals surface area contributed by atoms with E-state index in [2.05, 4.69) is 6.92 Å². The summed E-state index contributed by atoms with van der Waals surface area (Å²) < 4.78 is 0.709. The van der Waals surface area contributed by atoms with Crippen molar-refractivity contribution in [3.8, 4) is 0 Å². The number of amides is 1. The molecule has 1 heterocycles. The van der Waals surface area contributed by atoms with E-state index in [4.69, 9.17) is 12.2 Å². The van der Waals surface area contributed by atoms with E-state index in [1.165, 1.54) is 17.3 Å². The Morgan fingerprint density at radius 1 is 1.33 bits per heavy atom. The second-order valence-corrected chi connectivity index (χ2v) is 6.37. The quantitative estimate of drug-likeness (QED) is 0.610. The highest BCUT2D eigenvalue weighted by molar-refractivity contribution is 8.26. The first kappa shape index (κ1) is 11.9. The molecule has 4 heteroatoms. The number of carbonyl (C=O) groups excluding carboxylic acids is 1. The van der Waals surface area contributed by atoms with Gasteiger partial charge in [0, 0.05) is 6.04 Å². The Morgan fingerprint density at radius 2 is 2.00 bits per heavy atom. The fraction of sp³-hybridized carbons (Fsp3) is 0.286. The van der Waals surface area contributed by atoms with Gasteiger partial charge in [0.2, 0.25) is 0 Å². The van der Waals surface area contributed by atoms with Crippen LogP contribution in [0.25, 0.3) is 6.08 Å². The number of carbonyl (C=O) groups is 1. The van der Waals surface area contributed by atoms with Crippen molar-refractivity contribution in [2.75, 3.05) is 0 Å². The molecule has 3 rings (SSSR count). The van der Waals surface area contributed by atoms with Crippen LogP contribution in [0, 0.1) is 6.92 Å². The number of hydrogen-bond donors (Lipinski definition) is 0. The molecule has 1 amide bonds. The first-order chi connectivity index (χ1) is 8.65. The van der Waals surface area contributed by atoms with Crippen molar-refractivity contribution in [1.82, 2.24) is 4.90 Å². The zero-order valence-electron chi connectivity index (χ0n) is 10.1. The maximum absolute atomic E-state index is 12.2. The van der Waals surface area contributed by atoms with Crippen molar-refractivity contribution < 1.29 is 4.79 Å². The summed E-state index contributed by atoms with van der Waals surface area (Å²) in [4.78, 5) is 14.7. The zero-order valence-corrected chi connectivity index (χ0v) is 11.7. The Kier molecular flexibility index (Phi) is 2.99. The summed E-state index contributed by atoms with van der Waals surface area (Å²) in [6.45, 7) is 2.05. The van der Waals surface area contributed by atoms with Gasteiger partial charge in [0.1, 0.15) is 4.32 Å². The first-order valence-corrected chi connectivity index (χ1v) is 7.21. The number of hydrogen-bond acceptors (Lipinski definition) is 3. The molecule has 92 valence electrons. The molecule has 1 aromatic carbocycles. The number of nitrogens with zero attached hydrogens (tertiary/aromatic N) is 1. The highest BCUT2D eigenvalue weighted by Crippen LogP contribution is 2.39. The largest absolute Gasteiger partial charge is 0.290 e. The minimum atomic E-state index is 0.0769. The van der Waals surface area contributed by atoms with Gasteiger partial charge in [-0.25, -0.2) is 0 Å². The molecule has 1 aliphatic heterocycles. The Labute approximate surface area is 116 Å². The maximum Gasteiger partial charge on any atom is 0.266 e. The second kappa shape index (κ2) is 4.52. The predicted octanol–water partition coefficient (Wildman–Crippen LogP) is 3.36. The van der Waals surface area contributed by atoms with E-state index in [-0.39, 0.29) is 5.91 Å². The topological polar surface area (TPSA) is 20.3 Å². The van der Waals surface area contributed by atoms with Gasteiger partial charge in [0.05, 0.1) is 4.91 Å². The van der Waals surface area contributed by atoms with Crippen LogP contribution in [0.3, 0.4) is 0 Å². The molecule has 0 spiro atoms. The summed E-state index contributed by atoms with van der Waals surface area (Å²) in [5.41, 5.74) is 2.27. The fourth-order valence-electron chi connectivity index (χ4n) is 1.94. The van der Waals surface area contributed by atoms with Gasteiger partial charge in [0.15, 0.2) is 0 Å². The minimum Gasteiger partial charge on any atom is -0.290 e. The van der Waals surface area contributed by atoms with Crippen LogP contribution in [0.1, 0.15) is 24.0 Å². The fourth-order valence-corrected chi connectivity index (χ4v) is 3.34. The molecule has 1 aliphatic carbocycles. The first-order valence-electron chi connectivity index (χ1n) is 5.99. The average molecular weight is 275 g/mol. The van der Waals surface area contributed by atoms with Crippen LogP contribution in [0.5, 0.6) is 0 Å². The molecule has 1 saturated carbocycles. The maximum atomic E-state index is 12.2. The molecule has 2 fully saturated rings. The molecular weight excluding hydrogens is 262 g/mol. The Hall–Kier alpha value is -1.13. The van der Waals surface area contributed by atoms with E-state index in [9.17, 15) is 4.79 Å². The van der Waals surface area contributed by atoms with Crippen molar-refractivity contribution in [2.45, 2.75) is 25.8 Å². The molecule has 0 aromatic heterocycles. The van der Waals surface area contributed by atoms with E-state index in [0.29, 0.717) is 10.4 Å². The molecule has 0 bridgehead atoms. The van der Waals surface area contributed by atoms with Gasteiger partial charge in [0.25, 0.3) is 5.91 Å². The van der Waals surface area contributed by atoms with Crippen molar-refractivity contribution >= 4 is 40.3 Å². The number of thioether (sulfide) groups is 1. The molecule has 0 N–H and O–H groups in total. The smallest absolute Gasteiger partial charge is 0.266 e. The van der Waals surface area contributed by atoms with Crippen molar-refractivity contribution in [3.63, 3.8) is 0 Å². The summed E-state index contributed by atoms with van der Waals surface area (Å²) in [6.07, 6.45) is 4.11. The summed E-state index contributed by atoms with van der Waals surface area (Å²) >= 11 is 6.69. The number of rotatable bonds is 2. The standard InChI is InChI=1S/C14H13NOS2/c1-9-2-4-10(5-3-9)8-12-13(16)15(11-6-7-11)14(17)18-12/h2-5,8,11H,6-7H2,1H3/b12-8-. The van der Waals surface area contributed by atoms with Gasteiger partial charge in [-0.05, 0) is 31.4 Å². The lowest BCUT2D eigenvalue weighted by Crippen LogP contribution is -2.30. The van der Waals surface area contributed by atoms with Crippen molar-refractivity contribution in [2.24, 2.45) is 0 Å². The van der Waals surface area contributed by atoms with Crippen LogP contribution in [0.2, 0.25) is 0 Å². The second-order valence-electron chi connectivity index (χ2n) is 4.69. The monoisotopic (exact) mass is 275 g/mol. The van der Waals surface area contributed by atoms with E-state index < -0.39 is 0 Å². The van der Waals surface area contributed by atoms with Gasteiger partial charge in [-0.15, -0.1) is 0 Å². The lowest BCUT2D eigenvalue weighted by atomic mass is 10.1. The molecule has 0 unspecified atom stereocenters. The number of benzene rings is 1. The highest BCUT2D eigenvalue weighted by Gasteiger charge is 2.41. The normalized spacial score (nSPS) is 22.1. The molecule has 1 aromatic rings. The molecule has 2 nitrogen and oxygen atoms in total. The van der Waals surface area contributed by atoms with Crippen LogP contribution in [-0.2, 0) is 4.79 Å². The molecule has 0 atom stereocenters. The van der Waals surface area contributed by atoms with E-state index in [1.54, 1.807) is 4.90 Å². The highest BCUT2D eigenvalue weighted by atomic mass is 32.2. The van der Waals surface area contributed by atoms with Crippen molar-refractivity contribution in [3.05, 3.63) is 40.3 Å². The molecule has 0 radical (unpaired) electrons. The van der Waals surface area contributed by atoms with Gasteiger partial charge in [-0.2, -0.15) is 0 Å². The van der Waals surface area contributed by atoms with E-state index >= 15 is 0 Å². The Morgan fingerprint density at radius 3 is 2.61 bits per heavy atom. The minimum absolute atomic E-state index is 0.0769. The van der Waals surface area contributed by atoms with Gasteiger partial charge < -0.3 is 0 Å². The van der Waals surface area contributed by atoms with Crippen LogP contribution in [0.4, 0.5) is 0 Å². The predicted molar refractivity (Wildman–Crippen MR) is 79.2 cm³/mol. The van der Waals surface area contributed by atoms with Gasteiger partial charge >= 0.3 is 0 Å². The van der Waals surface area contributed by atoms with Gasteiger partial charge in [-0.3, -0.25) is 9.69 Å². The molecule has 18 heavy (non-hydrogen) atoms. The van der Waals surface area contributed by atoms with E-state index in [0.717, 1.165) is 23.3 Å². The number of thiocarbonyl (C=S) groups is 1. The summed E-state index contributed by atoms with van der Waals surface area (Å²) in [7, 11) is 0. The summed E-state index contributed by atoms with van der Waals surface area (Å²) in [5.74, 6) is 0.0769. The Bertz CT molecular complexity index is 543. The lowest BCUT2D eigenvalue weighted by molar-refractivity contribution is -0.122. The third-order valence-electron chi connectivity index (χ3n) is 3.11. The molecule has 2 aliphatic rings. The van der Waals surface area contributed by atoms with Crippen LogP contribution in [0.15, 0.2) is 29.2 Å². The lowest BCUT2D eigenvalue weighted by Gasteiger charge is -2.11. The molecular formula is C14H13NOS2. The van der Waals surface area contributed by atoms with Crippen LogP contribution < -0.4 is 0 Å². The van der Waals surface area contributed by atoms with Crippen LogP contribution in [-0.4, -0.2) is 21.2 Å². The van der Waals surface area contributed by atoms with Gasteiger partial charge in [-0.1, -0.05) is 53.8 Å². The average Bonchev–Trinajstić information content (AvgIpc) is 3.12. The Balaban J connectivity index is 1.86. The third-order valence-corrected chi connectivity index (χ3v) is 4.44.